The first-order valence-electron chi connectivity index (χ1n) is 5.74. The number of nitrogens with one attached hydrogen (secondary N) is 1. The highest BCUT2D eigenvalue weighted by atomic mass is 19.1. The van der Waals surface area contributed by atoms with Crippen molar-refractivity contribution in [3.63, 3.8) is 0 Å². The second-order valence-electron chi connectivity index (χ2n) is 4.42. The minimum atomic E-state index is -0.519. The van der Waals surface area contributed by atoms with E-state index in [1.54, 1.807) is 0 Å². The molecule has 0 unspecified atom stereocenters. The predicted octanol–water partition coefficient (Wildman–Crippen LogP) is 3.14. The molecule has 0 radical (unpaired) electrons. The van der Waals surface area contributed by atoms with E-state index >= 15 is 0 Å². The summed E-state index contributed by atoms with van der Waals surface area (Å²) in [5, 5.41) is 3.25. The molecular weight excluding hydrogens is 208 g/mol. The van der Waals surface area contributed by atoms with Gasteiger partial charge in [0.1, 0.15) is 11.6 Å². The molecule has 0 saturated heterocycles. The standard InChI is InChI=1S/C13H19F2N/c1-10(2)5-7-16-8-6-11-3-4-12(14)9-13(11)15/h3-4,9-10,16H,5-8H2,1-2H3. The quantitative estimate of drug-likeness (QED) is 0.736. The van der Waals surface area contributed by atoms with Crippen molar-refractivity contribution in [3.05, 3.63) is 35.4 Å². The molecule has 3 heteroatoms. The minimum absolute atomic E-state index is 0.453. The van der Waals surface area contributed by atoms with Gasteiger partial charge in [-0.15, -0.1) is 0 Å². The second-order valence-corrected chi connectivity index (χ2v) is 4.42. The van der Waals surface area contributed by atoms with Gasteiger partial charge in [-0.3, -0.25) is 0 Å². The van der Waals surface area contributed by atoms with E-state index in [-0.39, 0.29) is 0 Å². The Kier molecular flexibility index (Phi) is 5.39. The molecule has 1 N–H and O–H groups in total. The van der Waals surface area contributed by atoms with Crippen molar-refractivity contribution in [2.75, 3.05) is 13.1 Å². The van der Waals surface area contributed by atoms with E-state index < -0.39 is 11.6 Å². The van der Waals surface area contributed by atoms with Gasteiger partial charge in [0.2, 0.25) is 0 Å². The molecule has 0 fully saturated rings. The second kappa shape index (κ2) is 6.59. The Morgan fingerprint density at radius 1 is 1.19 bits per heavy atom. The summed E-state index contributed by atoms with van der Waals surface area (Å²) in [6.07, 6.45) is 1.72. The van der Waals surface area contributed by atoms with Gasteiger partial charge in [-0.1, -0.05) is 19.9 Å². The van der Waals surface area contributed by atoms with Crippen LogP contribution in [0.5, 0.6) is 0 Å². The Morgan fingerprint density at radius 3 is 2.56 bits per heavy atom. The van der Waals surface area contributed by atoms with Crippen molar-refractivity contribution >= 4 is 0 Å². The largest absolute Gasteiger partial charge is 0.316 e. The Bertz CT molecular complexity index is 324. The summed E-state index contributed by atoms with van der Waals surface area (Å²) in [7, 11) is 0. The van der Waals surface area contributed by atoms with Crippen LogP contribution in [0.1, 0.15) is 25.8 Å². The van der Waals surface area contributed by atoms with E-state index in [4.69, 9.17) is 0 Å². The van der Waals surface area contributed by atoms with E-state index in [2.05, 4.69) is 19.2 Å². The van der Waals surface area contributed by atoms with Crippen molar-refractivity contribution in [2.24, 2.45) is 5.92 Å². The van der Waals surface area contributed by atoms with Crippen molar-refractivity contribution in [2.45, 2.75) is 26.7 Å². The molecule has 16 heavy (non-hydrogen) atoms. The first kappa shape index (κ1) is 13.1. The Balaban J connectivity index is 2.27. The molecule has 0 aromatic heterocycles. The van der Waals surface area contributed by atoms with Crippen LogP contribution >= 0.6 is 0 Å². The van der Waals surface area contributed by atoms with Gasteiger partial charge in [-0.05, 0) is 43.5 Å². The summed E-state index contributed by atoms with van der Waals surface area (Å²) in [4.78, 5) is 0. The van der Waals surface area contributed by atoms with E-state index in [1.165, 1.54) is 12.1 Å². The average Bonchev–Trinajstić information content (AvgIpc) is 2.20. The maximum atomic E-state index is 13.2. The maximum Gasteiger partial charge on any atom is 0.129 e. The summed E-state index contributed by atoms with van der Waals surface area (Å²) < 4.78 is 25.8. The third kappa shape index (κ3) is 4.71. The van der Waals surface area contributed by atoms with Gasteiger partial charge in [0.25, 0.3) is 0 Å². The van der Waals surface area contributed by atoms with Gasteiger partial charge < -0.3 is 5.32 Å². The van der Waals surface area contributed by atoms with Gasteiger partial charge in [0, 0.05) is 6.07 Å². The minimum Gasteiger partial charge on any atom is -0.316 e. The molecular formula is C13H19F2N. The highest BCUT2D eigenvalue weighted by Crippen LogP contribution is 2.09. The summed E-state index contributed by atoms with van der Waals surface area (Å²) in [6.45, 7) is 6.01. The summed E-state index contributed by atoms with van der Waals surface area (Å²) in [5.74, 6) is -0.297. The topological polar surface area (TPSA) is 12.0 Å². The molecule has 0 bridgehead atoms. The summed E-state index contributed by atoms with van der Waals surface area (Å²) >= 11 is 0. The van der Waals surface area contributed by atoms with Gasteiger partial charge in [0.05, 0.1) is 0 Å². The lowest BCUT2D eigenvalue weighted by Crippen LogP contribution is -2.20. The lowest BCUT2D eigenvalue weighted by Gasteiger charge is -2.07. The van der Waals surface area contributed by atoms with E-state index in [9.17, 15) is 8.78 Å². The summed E-state index contributed by atoms with van der Waals surface area (Å²) in [6, 6.07) is 3.74. The van der Waals surface area contributed by atoms with Crippen LogP contribution in [0.2, 0.25) is 0 Å². The predicted molar refractivity (Wildman–Crippen MR) is 62.4 cm³/mol. The van der Waals surface area contributed by atoms with Crippen molar-refractivity contribution < 1.29 is 8.78 Å². The molecule has 1 nitrogen and oxygen atoms in total. The van der Waals surface area contributed by atoms with Crippen molar-refractivity contribution in [1.29, 1.82) is 0 Å². The zero-order chi connectivity index (χ0) is 12.0. The monoisotopic (exact) mass is 227 g/mol. The molecule has 0 amide bonds. The summed E-state index contributed by atoms with van der Waals surface area (Å²) in [5.41, 5.74) is 0.568. The van der Waals surface area contributed by atoms with Crippen molar-refractivity contribution in [3.8, 4) is 0 Å². The van der Waals surface area contributed by atoms with Crippen LogP contribution in [0.25, 0.3) is 0 Å². The van der Waals surface area contributed by atoms with Crippen LogP contribution in [-0.2, 0) is 6.42 Å². The molecule has 0 atom stereocenters. The van der Waals surface area contributed by atoms with Crippen LogP contribution in [0.15, 0.2) is 18.2 Å². The third-order valence-electron chi connectivity index (χ3n) is 2.48. The van der Waals surface area contributed by atoms with Gasteiger partial charge >= 0.3 is 0 Å². The fourth-order valence-corrected chi connectivity index (χ4v) is 1.46. The molecule has 0 aliphatic carbocycles. The van der Waals surface area contributed by atoms with Gasteiger partial charge in [-0.2, -0.15) is 0 Å². The van der Waals surface area contributed by atoms with E-state index in [0.29, 0.717) is 17.9 Å². The van der Waals surface area contributed by atoms with Crippen LogP contribution < -0.4 is 5.32 Å². The van der Waals surface area contributed by atoms with Crippen LogP contribution in [0, 0.1) is 17.6 Å². The first-order valence-corrected chi connectivity index (χ1v) is 5.74. The fourth-order valence-electron chi connectivity index (χ4n) is 1.46. The van der Waals surface area contributed by atoms with Gasteiger partial charge in [-0.25, -0.2) is 8.78 Å². The first-order chi connectivity index (χ1) is 7.59. The third-order valence-corrected chi connectivity index (χ3v) is 2.48. The molecule has 0 saturated carbocycles. The lowest BCUT2D eigenvalue weighted by molar-refractivity contribution is 0.532. The molecule has 1 rings (SSSR count). The SMILES string of the molecule is CC(C)CCNCCc1ccc(F)cc1F. The number of rotatable bonds is 6. The number of benzene rings is 1. The van der Waals surface area contributed by atoms with Crippen LogP contribution in [-0.4, -0.2) is 13.1 Å². The molecule has 1 aromatic carbocycles. The fraction of sp³-hybridized carbons (Fsp3) is 0.538. The molecule has 90 valence electrons. The lowest BCUT2D eigenvalue weighted by atomic mass is 10.1. The van der Waals surface area contributed by atoms with Crippen LogP contribution in [0.3, 0.4) is 0 Å². The maximum absolute atomic E-state index is 13.2. The Labute approximate surface area is 95.9 Å². The Morgan fingerprint density at radius 2 is 1.94 bits per heavy atom. The van der Waals surface area contributed by atoms with E-state index in [0.717, 1.165) is 25.6 Å². The number of halogens is 2. The molecule has 0 aliphatic rings. The zero-order valence-corrected chi connectivity index (χ0v) is 9.89. The van der Waals surface area contributed by atoms with E-state index in [1.807, 2.05) is 0 Å². The Hall–Kier alpha value is -0.960. The zero-order valence-electron chi connectivity index (χ0n) is 9.89. The number of hydrogen-bond donors (Lipinski definition) is 1. The smallest absolute Gasteiger partial charge is 0.129 e. The highest BCUT2D eigenvalue weighted by Gasteiger charge is 2.03. The van der Waals surface area contributed by atoms with Gasteiger partial charge in [0.15, 0.2) is 0 Å². The van der Waals surface area contributed by atoms with Crippen molar-refractivity contribution in [1.82, 2.24) is 5.32 Å². The number of hydrogen-bond acceptors (Lipinski definition) is 1. The molecule has 1 aromatic rings. The normalized spacial score (nSPS) is 11.1. The van der Waals surface area contributed by atoms with Crippen LogP contribution in [0.4, 0.5) is 8.78 Å². The molecule has 0 heterocycles. The molecule has 0 aliphatic heterocycles. The average molecular weight is 227 g/mol. The molecule has 0 spiro atoms. The highest BCUT2D eigenvalue weighted by molar-refractivity contribution is 5.18.